The van der Waals surface area contributed by atoms with Crippen molar-refractivity contribution in [3.8, 4) is 0 Å². The van der Waals surface area contributed by atoms with Crippen molar-refractivity contribution in [3.05, 3.63) is 33.9 Å². The lowest BCUT2D eigenvalue weighted by atomic mass is 10.1. The van der Waals surface area contributed by atoms with E-state index in [1.165, 1.54) is 12.1 Å². The van der Waals surface area contributed by atoms with Crippen LogP contribution >= 0.6 is 0 Å². The average Bonchev–Trinajstić information content (AvgIpc) is 2.44. The number of aryl methyl sites for hydroxylation is 1. The van der Waals surface area contributed by atoms with E-state index in [1.807, 2.05) is 6.92 Å². The predicted molar refractivity (Wildman–Crippen MR) is 80.8 cm³/mol. The molecule has 0 spiro atoms. The fraction of sp³-hybridized carbons (Fsp3) is 0.429. The van der Waals surface area contributed by atoms with E-state index in [0.717, 1.165) is 6.42 Å². The van der Waals surface area contributed by atoms with Crippen molar-refractivity contribution in [2.45, 2.75) is 32.7 Å². The molecule has 22 heavy (non-hydrogen) atoms. The first-order valence-electron chi connectivity index (χ1n) is 6.86. The molecule has 1 unspecified atom stereocenters. The SMILES string of the molecule is CCCNC(CC(=O)Nc1ccc(C)cc1[N+](=O)[O-])C(=O)O. The fourth-order valence-electron chi connectivity index (χ4n) is 1.85. The molecule has 1 rings (SSSR count). The molecular formula is C14H19N3O5. The maximum Gasteiger partial charge on any atom is 0.321 e. The van der Waals surface area contributed by atoms with Crippen LogP contribution in [0.2, 0.25) is 0 Å². The van der Waals surface area contributed by atoms with Crippen molar-refractivity contribution in [1.82, 2.24) is 5.32 Å². The number of amides is 1. The number of aliphatic carboxylic acids is 1. The summed E-state index contributed by atoms with van der Waals surface area (Å²) >= 11 is 0. The van der Waals surface area contributed by atoms with E-state index in [1.54, 1.807) is 13.0 Å². The maximum absolute atomic E-state index is 11.9. The summed E-state index contributed by atoms with van der Waals surface area (Å²) in [7, 11) is 0. The molecule has 0 radical (unpaired) electrons. The van der Waals surface area contributed by atoms with Crippen molar-refractivity contribution in [1.29, 1.82) is 0 Å². The van der Waals surface area contributed by atoms with E-state index in [2.05, 4.69) is 10.6 Å². The largest absolute Gasteiger partial charge is 0.480 e. The number of benzene rings is 1. The van der Waals surface area contributed by atoms with Gasteiger partial charge in [0.2, 0.25) is 5.91 Å². The van der Waals surface area contributed by atoms with Crippen LogP contribution in [0.1, 0.15) is 25.3 Å². The highest BCUT2D eigenvalue weighted by molar-refractivity contribution is 5.95. The molecule has 120 valence electrons. The quantitative estimate of drug-likeness (QED) is 0.496. The van der Waals surface area contributed by atoms with Crippen LogP contribution in [0.3, 0.4) is 0 Å². The van der Waals surface area contributed by atoms with Gasteiger partial charge in [0.15, 0.2) is 0 Å². The van der Waals surface area contributed by atoms with Gasteiger partial charge < -0.3 is 15.7 Å². The van der Waals surface area contributed by atoms with E-state index in [9.17, 15) is 19.7 Å². The van der Waals surface area contributed by atoms with Gasteiger partial charge in [-0.1, -0.05) is 13.0 Å². The first-order valence-corrected chi connectivity index (χ1v) is 6.86. The average molecular weight is 309 g/mol. The smallest absolute Gasteiger partial charge is 0.321 e. The lowest BCUT2D eigenvalue weighted by molar-refractivity contribution is -0.384. The first kappa shape index (κ1) is 17.6. The summed E-state index contributed by atoms with van der Waals surface area (Å²) in [5.41, 5.74) is 0.527. The van der Waals surface area contributed by atoms with Crippen molar-refractivity contribution in [3.63, 3.8) is 0 Å². The van der Waals surface area contributed by atoms with Gasteiger partial charge in [-0.05, 0) is 31.5 Å². The number of nitro groups is 1. The number of nitrogens with zero attached hydrogens (tertiary/aromatic N) is 1. The minimum Gasteiger partial charge on any atom is -0.480 e. The van der Waals surface area contributed by atoms with E-state index in [0.29, 0.717) is 12.1 Å². The molecule has 0 aliphatic carbocycles. The summed E-state index contributed by atoms with van der Waals surface area (Å²) in [4.78, 5) is 33.4. The number of nitrogens with one attached hydrogen (secondary N) is 2. The van der Waals surface area contributed by atoms with E-state index in [-0.39, 0.29) is 17.8 Å². The Hall–Kier alpha value is -2.48. The molecule has 1 atom stereocenters. The number of carbonyl (C=O) groups excluding carboxylic acids is 1. The van der Waals surface area contributed by atoms with Crippen LogP contribution in [0.5, 0.6) is 0 Å². The van der Waals surface area contributed by atoms with Crippen molar-refractivity contribution in [2.24, 2.45) is 0 Å². The number of carboxylic acid groups (broad SMARTS) is 1. The summed E-state index contributed by atoms with van der Waals surface area (Å²) in [5, 5.41) is 25.2. The van der Waals surface area contributed by atoms with Gasteiger partial charge in [0.1, 0.15) is 11.7 Å². The molecule has 0 saturated heterocycles. The third-order valence-corrected chi connectivity index (χ3v) is 2.95. The van der Waals surface area contributed by atoms with Gasteiger partial charge in [-0.25, -0.2) is 0 Å². The van der Waals surface area contributed by atoms with Gasteiger partial charge in [0.05, 0.1) is 11.3 Å². The zero-order valence-corrected chi connectivity index (χ0v) is 12.5. The summed E-state index contributed by atoms with van der Waals surface area (Å²) in [6, 6.07) is 3.39. The minimum atomic E-state index is -1.14. The summed E-state index contributed by atoms with van der Waals surface area (Å²) in [6.07, 6.45) is 0.426. The van der Waals surface area contributed by atoms with Gasteiger partial charge >= 0.3 is 5.97 Å². The van der Waals surface area contributed by atoms with Gasteiger partial charge in [-0.15, -0.1) is 0 Å². The normalized spacial score (nSPS) is 11.7. The van der Waals surface area contributed by atoms with Crippen LogP contribution in [0.4, 0.5) is 11.4 Å². The van der Waals surface area contributed by atoms with Crippen LogP contribution < -0.4 is 10.6 Å². The van der Waals surface area contributed by atoms with Gasteiger partial charge in [0, 0.05) is 6.07 Å². The molecule has 0 saturated carbocycles. The molecule has 0 aliphatic rings. The number of carboxylic acids is 1. The Balaban J connectivity index is 2.80. The van der Waals surface area contributed by atoms with Crippen molar-refractivity contribution < 1.29 is 19.6 Å². The second kappa shape index (κ2) is 8.08. The standard InChI is InChI=1S/C14H19N3O5/c1-3-6-15-11(14(19)20)8-13(18)16-10-5-4-9(2)7-12(10)17(21)22/h4-5,7,11,15H,3,6,8H2,1-2H3,(H,16,18)(H,19,20). The van der Waals surface area contributed by atoms with Crippen LogP contribution in [-0.2, 0) is 9.59 Å². The Labute approximate surface area is 127 Å². The van der Waals surface area contributed by atoms with Crippen molar-refractivity contribution in [2.75, 3.05) is 11.9 Å². The Morgan fingerprint density at radius 3 is 2.64 bits per heavy atom. The lowest BCUT2D eigenvalue weighted by Gasteiger charge is -2.14. The van der Waals surface area contributed by atoms with Gasteiger partial charge in [0.25, 0.3) is 5.69 Å². The molecular weight excluding hydrogens is 290 g/mol. The summed E-state index contributed by atoms with van der Waals surface area (Å²) in [5.74, 6) is -1.73. The molecule has 1 aromatic carbocycles. The topological polar surface area (TPSA) is 122 Å². The molecule has 0 aromatic heterocycles. The first-order chi connectivity index (χ1) is 10.3. The second-order valence-electron chi connectivity index (χ2n) is 4.87. The number of hydrogen-bond donors (Lipinski definition) is 3. The van der Waals surface area contributed by atoms with E-state index >= 15 is 0 Å². The predicted octanol–water partition coefficient (Wildman–Crippen LogP) is 1.68. The minimum absolute atomic E-state index is 0.0558. The number of rotatable bonds is 8. The molecule has 0 heterocycles. The Morgan fingerprint density at radius 1 is 1.41 bits per heavy atom. The molecule has 8 nitrogen and oxygen atoms in total. The maximum atomic E-state index is 11.9. The number of anilines is 1. The van der Waals surface area contributed by atoms with Crippen molar-refractivity contribution >= 4 is 23.3 Å². The molecule has 3 N–H and O–H groups in total. The Bertz CT molecular complexity index is 574. The van der Waals surface area contributed by atoms with Crippen LogP contribution in [0.15, 0.2) is 18.2 Å². The third-order valence-electron chi connectivity index (χ3n) is 2.95. The molecule has 0 bridgehead atoms. The summed E-state index contributed by atoms with van der Waals surface area (Å²) < 4.78 is 0. The van der Waals surface area contributed by atoms with Gasteiger partial charge in [-0.2, -0.15) is 0 Å². The van der Waals surface area contributed by atoms with E-state index < -0.39 is 22.8 Å². The molecule has 0 aliphatic heterocycles. The third kappa shape index (κ3) is 5.13. The Kier molecular flexibility index (Phi) is 6.46. The number of hydrogen-bond acceptors (Lipinski definition) is 5. The zero-order valence-electron chi connectivity index (χ0n) is 12.5. The monoisotopic (exact) mass is 309 g/mol. The molecule has 8 heteroatoms. The molecule has 1 aromatic rings. The number of carbonyl (C=O) groups is 2. The molecule has 0 fully saturated rings. The van der Waals surface area contributed by atoms with Crippen LogP contribution in [0, 0.1) is 17.0 Å². The summed E-state index contributed by atoms with van der Waals surface area (Å²) in [6.45, 7) is 4.05. The second-order valence-corrected chi connectivity index (χ2v) is 4.87. The highest BCUT2D eigenvalue weighted by atomic mass is 16.6. The Morgan fingerprint density at radius 2 is 2.09 bits per heavy atom. The molecule has 1 amide bonds. The fourth-order valence-corrected chi connectivity index (χ4v) is 1.85. The van der Waals surface area contributed by atoms with Gasteiger partial charge in [-0.3, -0.25) is 19.7 Å². The van der Waals surface area contributed by atoms with E-state index in [4.69, 9.17) is 5.11 Å². The van der Waals surface area contributed by atoms with Crippen LogP contribution in [-0.4, -0.2) is 34.5 Å². The highest BCUT2D eigenvalue weighted by Gasteiger charge is 2.22. The lowest BCUT2D eigenvalue weighted by Crippen LogP contribution is -2.40. The number of nitro benzene ring substituents is 1. The highest BCUT2D eigenvalue weighted by Crippen LogP contribution is 2.25. The van der Waals surface area contributed by atoms with Crippen LogP contribution in [0.25, 0.3) is 0 Å². The zero-order chi connectivity index (χ0) is 16.7.